The van der Waals surface area contributed by atoms with Gasteiger partial charge in [0.15, 0.2) is 5.89 Å². The van der Waals surface area contributed by atoms with E-state index in [2.05, 4.69) is 27.4 Å². The highest BCUT2D eigenvalue weighted by Crippen LogP contribution is 2.49. The van der Waals surface area contributed by atoms with Crippen molar-refractivity contribution < 1.29 is 9.21 Å². The fourth-order valence-electron chi connectivity index (χ4n) is 4.14. The van der Waals surface area contributed by atoms with E-state index in [1.807, 2.05) is 13.0 Å². The summed E-state index contributed by atoms with van der Waals surface area (Å²) in [5, 5.41) is 4.20. The third kappa shape index (κ3) is 1.67. The number of aryl methyl sites for hydroxylation is 1. The average molecular weight is 307 g/mol. The quantitative estimate of drug-likeness (QED) is 0.716. The third-order valence-electron chi connectivity index (χ3n) is 5.31. The van der Waals surface area contributed by atoms with Gasteiger partial charge in [-0.15, -0.1) is 0 Å². The topological polar surface area (TPSA) is 70.9 Å². The fourth-order valence-corrected chi connectivity index (χ4v) is 4.14. The largest absolute Gasteiger partial charge is 0.449 e. The van der Waals surface area contributed by atoms with E-state index in [-0.39, 0.29) is 11.3 Å². The molecule has 0 radical (unpaired) electrons. The smallest absolute Gasteiger partial charge is 0.235 e. The van der Waals surface area contributed by atoms with Crippen molar-refractivity contribution in [3.05, 3.63) is 35.9 Å². The summed E-state index contributed by atoms with van der Waals surface area (Å²) in [6.07, 6.45) is 5.82. The zero-order valence-corrected chi connectivity index (χ0v) is 12.9. The van der Waals surface area contributed by atoms with E-state index >= 15 is 0 Å². The van der Waals surface area contributed by atoms with Crippen molar-refractivity contribution >= 4 is 22.5 Å². The van der Waals surface area contributed by atoms with E-state index in [4.69, 9.17) is 4.42 Å². The summed E-state index contributed by atoms with van der Waals surface area (Å²) in [6.45, 7) is 1.83. The van der Waals surface area contributed by atoms with Gasteiger partial charge in [-0.25, -0.2) is 4.98 Å². The number of H-pyrrole nitrogens is 1. The minimum Gasteiger partial charge on any atom is -0.449 e. The first-order valence-corrected chi connectivity index (χ1v) is 8.07. The van der Waals surface area contributed by atoms with E-state index in [1.165, 1.54) is 0 Å². The summed E-state index contributed by atoms with van der Waals surface area (Å²) >= 11 is 0. The highest BCUT2D eigenvalue weighted by molar-refractivity contribution is 6.09. The van der Waals surface area contributed by atoms with Gasteiger partial charge in [0.25, 0.3) is 0 Å². The van der Waals surface area contributed by atoms with Crippen LogP contribution in [0, 0.1) is 6.92 Å². The number of nitrogens with one attached hydrogen (secondary N) is 2. The van der Waals surface area contributed by atoms with Gasteiger partial charge < -0.3 is 14.7 Å². The van der Waals surface area contributed by atoms with Crippen LogP contribution < -0.4 is 5.32 Å². The van der Waals surface area contributed by atoms with Crippen molar-refractivity contribution in [2.24, 2.45) is 0 Å². The molecule has 2 aliphatic rings. The van der Waals surface area contributed by atoms with E-state index in [1.54, 1.807) is 6.26 Å². The molecule has 2 aromatic heterocycles. The van der Waals surface area contributed by atoms with Gasteiger partial charge in [-0.3, -0.25) is 4.79 Å². The molecule has 5 nitrogen and oxygen atoms in total. The van der Waals surface area contributed by atoms with Crippen LogP contribution in [-0.4, -0.2) is 15.9 Å². The number of fused-ring (bicyclic) bond motifs is 3. The minimum atomic E-state index is -0.300. The monoisotopic (exact) mass is 307 g/mol. The average Bonchev–Trinajstić information content (AvgIpc) is 3.27. The number of hydrogen-bond donors (Lipinski definition) is 2. The van der Waals surface area contributed by atoms with Crippen LogP contribution in [0.15, 0.2) is 28.9 Å². The molecule has 2 N–H and O–H groups in total. The Balaban J connectivity index is 1.68. The van der Waals surface area contributed by atoms with Gasteiger partial charge in [-0.1, -0.05) is 12.8 Å². The lowest BCUT2D eigenvalue weighted by atomic mass is 9.80. The van der Waals surface area contributed by atoms with Crippen LogP contribution in [0.25, 0.3) is 22.3 Å². The van der Waals surface area contributed by atoms with Crippen molar-refractivity contribution in [3.63, 3.8) is 0 Å². The summed E-state index contributed by atoms with van der Waals surface area (Å²) in [5.74, 6) is 0.823. The van der Waals surface area contributed by atoms with E-state index in [0.29, 0.717) is 5.89 Å². The molecule has 1 aliphatic carbocycles. The molecule has 5 rings (SSSR count). The maximum Gasteiger partial charge on any atom is 0.235 e. The number of hydrogen-bond acceptors (Lipinski definition) is 3. The Hall–Kier alpha value is -2.56. The van der Waals surface area contributed by atoms with Crippen molar-refractivity contribution in [2.75, 3.05) is 5.32 Å². The van der Waals surface area contributed by atoms with Gasteiger partial charge >= 0.3 is 0 Å². The summed E-state index contributed by atoms with van der Waals surface area (Å²) in [6, 6.07) is 6.30. The summed E-state index contributed by atoms with van der Waals surface area (Å²) in [5.41, 5.74) is 4.56. The predicted molar refractivity (Wildman–Crippen MR) is 87.3 cm³/mol. The molecule has 0 bridgehead atoms. The molecule has 3 heterocycles. The van der Waals surface area contributed by atoms with Gasteiger partial charge in [0, 0.05) is 23.5 Å². The molecule has 3 aromatic rings. The normalized spacial score (nSPS) is 18.7. The molecule has 0 saturated heterocycles. The molecule has 1 spiro atoms. The zero-order valence-electron chi connectivity index (χ0n) is 12.9. The number of nitrogens with zero attached hydrogens (tertiary/aromatic N) is 1. The molecule has 0 atom stereocenters. The second-order valence-electron chi connectivity index (χ2n) is 6.66. The zero-order chi connectivity index (χ0) is 15.6. The second-order valence-corrected chi connectivity index (χ2v) is 6.66. The molecular formula is C18H17N3O2. The van der Waals surface area contributed by atoms with Gasteiger partial charge in [-0.2, -0.15) is 0 Å². The van der Waals surface area contributed by atoms with Crippen LogP contribution >= 0.6 is 0 Å². The minimum absolute atomic E-state index is 0.171. The Morgan fingerprint density at radius 3 is 2.78 bits per heavy atom. The van der Waals surface area contributed by atoms with Crippen LogP contribution in [0.1, 0.15) is 37.1 Å². The number of benzene rings is 1. The molecule has 116 valence electrons. The SMILES string of the molecule is Cc1nc(-c2cc3cc4c(cc3[nH]2)NC(=O)C42CCCC2)co1. The van der Waals surface area contributed by atoms with Crippen LogP contribution in [-0.2, 0) is 10.2 Å². The number of aromatic amines is 1. The lowest BCUT2D eigenvalue weighted by Crippen LogP contribution is -2.30. The number of carbonyl (C=O) groups is 1. The molecular weight excluding hydrogens is 290 g/mol. The molecule has 1 saturated carbocycles. The number of anilines is 1. The molecule has 0 unspecified atom stereocenters. The Kier molecular flexibility index (Phi) is 2.39. The number of carbonyl (C=O) groups excluding carboxylic acids is 1. The van der Waals surface area contributed by atoms with E-state index < -0.39 is 0 Å². The molecule has 1 fully saturated rings. The van der Waals surface area contributed by atoms with Gasteiger partial charge in [0.05, 0.1) is 11.1 Å². The van der Waals surface area contributed by atoms with Crippen LogP contribution in [0.5, 0.6) is 0 Å². The van der Waals surface area contributed by atoms with Gasteiger partial charge in [0.2, 0.25) is 5.91 Å². The van der Waals surface area contributed by atoms with Crippen LogP contribution in [0.2, 0.25) is 0 Å². The summed E-state index contributed by atoms with van der Waals surface area (Å²) in [7, 11) is 0. The van der Waals surface area contributed by atoms with Crippen molar-refractivity contribution in [1.82, 2.24) is 9.97 Å². The third-order valence-corrected chi connectivity index (χ3v) is 5.31. The van der Waals surface area contributed by atoms with Crippen molar-refractivity contribution in [2.45, 2.75) is 38.0 Å². The second kappa shape index (κ2) is 4.25. The summed E-state index contributed by atoms with van der Waals surface area (Å²) in [4.78, 5) is 20.2. The molecule has 1 amide bonds. The van der Waals surface area contributed by atoms with Crippen LogP contribution in [0.3, 0.4) is 0 Å². The predicted octanol–water partition coefficient (Wildman–Crippen LogP) is 3.90. The Morgan fingerprint density at radius 2 is 2.04 bits per heavy atom. The number of oxazole rings is 1. The van der Waals surface area contributed by atoms with Gasteiger partial charge in [-0.05, 0) is 36.6 Å². The first-order valence-electron chi connectivity index (χ1n) is 8.07. The number of rotatable bonds is 1. The molecule has 5 heteroatoms. The fraction of sp³-hybridized carbons (Fsp3) is 0.333. The lowest BCUT2D eigenvalue weighted by Gasteiger charge is -2.20. The van der Waals surface area contributed by atoms with Gasteiger partial charge in [0.1, 0.15) is 12.0 Å². The lowest BCUT2D eigenvalue weighted by molar-refractivity contribution is -0.120. The highest BCUT2D eigenvalue weighted by Gasteiger charge is 2.48. The maximum atomic E-state index is 12.5. The van der Waals surface area contributed by atoms with Crippen molar-refractivity contribution in [1.29, 1.82) is 0 Å². The van der Waals surface area contributed by atoms with Crippen LogP contribution in [0.4, 0.5) is 5.69 Å². The first-order chi connectivity index (χ1) is 11.2. The maximum absolute atomic E-state index is 12.5. The van der Waals surface area contributed by atoms with Crippen molar-refractivity contribution in [3.8, 4) is 11.4 Å². The summed E-state index contributed by atoms with van der Waals surface area (Å²) < 4.78 is 5.30. The highest BCUT2D eigenvalue weighted by atomic mass is 16.3. The van der Waals surface area contributed by atoms with E-state index in [9.17, 15) is 4.79 Å². The Morgan fingerprint density at radius 1 is 1.22 bits per heavy atom. The Bertz CT molecular complexity index is 944. The first kappa shape index (κ1) is 12.9. The molecule has 1 aromatic carbocycles. The number of amides is 1. The van der Waals surface area contributed by atoms with E-state index in [0.717, 1.165) is 59.2 Å². The Labute approximate surface area is 133 Å². The molecule has 1 aliphatic heterocycles. The molecule has 23 heavy (non-hydrogen) atoms. The number of aromatic nitrogens is 2. The standard InChI is InChI=1S/C18H17N3O2/c1-10-19-16(9-23-10)15-7-11-6-12-14(8-13(11)20-15)21-17(22)18(12)4-2-3-5-18/h6-9,20H,2-5H2,1H3,(H,21,22).